The normalized spacial score (nSPS) is 10.9. The molecule has 1 heterocycles. The van der Waals surface area contributed by atoms with Crippen LogP contribution in [0.15, 0.2) is 42.6 Å². The molecular weight excluding hydrogens is 351 g/mol. The van der Waals surface area contributed by atoms with Gasteiger partial charge in [0.1, 0.15) is 12.4 Å². The van der Waals surface area contributed by atoms with Crippen LogP contribution in [-0.2, 0) is 15.7 Å². The largest absolute Gasteiger partial charge is 0.465 e. The van der Waals surface area contributed by atoms with Crippen molar-refractivity contribution in [1.29, 1.82) is 0 Å². The Morgan fingerprint density at radius 3 is 2.46 bits per heavy atom. The van der Waals surface area contributed by atoms with Crippen molar-refractivity contribution in [2.24, 2.45) is 0 Å². The first kappa shape index (κ1) is 19.2. The van der Waals surface area contributed by atoms with Crippen LogP contribution < -0.4 is 10.6 Å². The van der Waals surface area contributed by atoms with Crippen molar-refractivity contribution in [3.63, 3.8) is 0 Å². The number of ether oxygens (including phenoxy) is 1. The highest BCUT2D eigenvalue weighted by molar-refractivity contribution is 6.05. The number of esters is 1. The summed E-state index contributed by atoms with van der Waals surface area (Å²) in [6.45, 7) is 1.77. The summed E-state index contributed by atoms with van der Waals surface area (Å²) in [5.74, 6) is -0.857. The number of alkyl halides is 3. The molecule has 0 unspecified atom stereocenters. The van der Waals surface area contributed by atoms with Crippen molar-refractivity contribution >= 4 is 23.4 Å². The van der Waals surface area contributed by atoms with E-state index in [0.717, 1.165) is 24.3 Å². The number of anilines is 2. The molecular formula is C17H16F3N3O3. The molecule has 9 heteroatoms. The SMILES string of the molecule is CCOC(=O)CNc1ncccc1NC(=O)c1ccc(C(F)(F)F)cc1. The van der Waals surface area contributed by atoms with Gasteiger partial charge in [0.05, 0.1) is 17.9 Å². The number of benzene rings is 1. The van der Waals surface area contributed by atoms with Crippen LogP contribution in [0.2, 0.25) is 0 Å². The Balaban J connectivity index is 2.08. The van der Waals surface area contributed by atoms with E-state index in [-0.39, 0.29) is 30.2 Å². The van der Waals surface area contributed by atoms with Crippen LogP contribution in [0, 0.1) is 0 Å². The van der Waals surface area contributed by atoms with E-state index in [9.17, 15) is 22.8 Å². The van der Waals surface area contributed by atoms with Crippen molar-refractivity contribution in [2.75, 3.05) is 23.8 Å². The average Bonchev–Trinajstić information content (AvgIpc) is 2.60. The lowest BCUT2D eigenvalue weighted by Crippen LogP contribution is -2.19. The predicted molar refractivity (Wildman–Crippen MR) is 88.8 cm³/mol. The number of rotatable bonds is 6. The van der Waals surface area contributed by atoms with E-state index in [1.165, 1.54) is 6.20 Å². The number of amides is 1. The third kappa shape index (κ3) is 5.20. The molecule has 0 aliphatic rings. The lowest BCUT2D eigenvalue weighted by atomic mass is 10.1. The molecule has 2 rings (SSSR count). The topological polar surface area (TPSA) is 80.3 Å². The Morgan fingerprint density at radius 2 is 1.85 bits per heavy atom. The number of aromatic nitrogens is 1. The van der Waals surface area contributed by atoms with E-state index in [4.69, 9.17) is 4.74 Å². The van der Waals surface area contributed by atoms with Gasteiger partial charge in [-0.15, -0.1) is 0 Å². The first-order valence-corrected chi connectivity index (χ1v) is 7.64. The van der Waals surface area contributed by atoms with Crippen LogP contribution in [0.25, 0.3) is 0 Å². The minimum atomic E-state index is -4.47. The summed E-state index contributed by atoms with van der Waals surface area (Å²) in [4.78, 5) is 27.6. The van der Waals surface area contributed by atoms with Crippen LogP contribution in [0.4, 0.5) is 24.7 Å². The Morgan fingerprint density at radius 1 is 1.15 bits per heavy atom. The highest BCUT2D eigenvalue weighted by atomic mass is 19.4. The van der Waals surface area contributed by atoms with Gasteiger partial charge in [0, 0.05) is 11.8 Å². The average molecular weight is 367 g/mol. The molecule has 0 bridgehead atoms. The number of nitrogens with zero attached hydrogens (tertiary/aromatic N) is 1. The van der Waals surface area contributed by atoms with Crippen molar-refractivity contribution in [2.45, 2.75) is 13.1 Å². The molecule has 1 aromatic heterocycles. The maximum atomic E-state index is 12.6. The third-order valence-corrected chi connectivity index (χ3v) is 3.24. The summed E-state index contributed by atoms with van der Waals surface area (Å²) in [5, 5.41) is 5.28. The summed E-state index contributed by atoms with van der Waals surface area (Å²) in [6.07, 6.45) is -3.01. The van der Waals surface area contributed by atoms with E-state index in [1.54, 1.807) is 19.1 Å². The van der Waals surface area contributed by atoms with Crippen LogP contribution in [0.1, 0.15) is 22.8 Å². The standard InChI is InChI=1S/C17H16F3N3O3/c1-2-26-14(24)10-22-15-13(4-3-9-21-15)23-16(25)11-5-7-12(8-6-11)17(18,19)20/h3-9H,2,10H2,1H3,(H,21,22)(H,23,25). The minimum Gasteiger partial charge on any atom is -0.465 e. The zero-order chi connectivity index (χ0) is 19.2. The second kappa shape index (κ2) is 8.32. The van der Waals surface area contributed by atoms with Gasteiger partial charge in [-0.25, -0.2) is 4.98 Å². The zero-order valence-corrected chi connectivity index (χ0v) is 13.8. The molecule has 2 aromatic rings. The van der Waals surface area contributed by atoms with Crippen molar-refractivity contribution in [3.05, 3.63) is 53.7 Å². The number of halogens is 3. The second-order valence-electron chi connectivity index (χ2n) is 5.09. The lowest BCUT2D eigenvalue weighted by Gasteiger charge is -2.12. The second-order valence-corrected chi connectivity index (χ2v) is 5.09. The van der Waals surface area contributed by atoms with Crippen LogP contribution in [0.5, 0.6) is 0 Å². The van der Waals surface area contributed by atoms with Gasteiger partial charge in [0.2, 0.25) is 0 Å². The monoisotopic (exact) mass is 367 g/mol. The Kier molecular flexibility index (Phi) is 6.16. The number of nitrogens with one attached hydrogen (secondary N) is 2. The van der Waals surface area contributed by atoms with Gasteiger partial charge in [-0.1, -0.05) is 0 Å². The number of pyridine rings is 1. The fraction of sp³-hybridized carbons (Fsp3) is 0.235. The molecule has 6 nitrogen and oxygen atoms in total. The molecule has 1 aromatic carbocycles. The summed E-state index contributed by atoms with van der Waals surface area (Å²) in [7, 11) is 0. The van der Waals surface area contributed by atoms with E-state index >= 15 is 0 Å². The quantitative estimate of drug-likeness (QED) is 0.766. The molecule has 1 amide bonds. The molecule has 0 aliphatic heterocycles. The molecule has 26 heavy (non-hydrogen) atoms. The molecule has 138 valence electrons. The molecule has 2 N–H and O–H groups in total. The molecule has 0 fully saturated rings. The zero-order valence-electron chi connectivity index (χ0n) is 13.8. The Hall–Kier alpha value is -3.10. The fourth-order valence-electron chi connectivity index (χ4n) is 2.02. The van der Waals surface area contributed by atoms with Crippen LogP contribution in [-0.4, -0.2) is 30.0 Å². The van der Waals surface area contributed by atoms with E-state index in [0.29, 0.717) is 0 Å². The number of carbonyl (C=O) groups excluding carboxylic acids is 2. The molecule has 0 saturated heterocycles. The van der Waals surface area contributed by atoms with Crippen LogP contribution in [0.3, 0.4) is 0 Å². The lowest BCUT2D eigenvalue weighted by molar-refractivity contribution is -0.141. The minimum absolute atomic E-state index is 0.0539. The van der Waals surface area contributed by atoms with Gasteiger partial charge in [0.25, 0.3) is 5.91 Å². The van der Waals surface area contributed by atoms with Crippen molar-refractivity contribution in [1.82, 2.24) is 4.98 Å². The summed E-state index contributed by atoms with van der Waals surface area (Å²) in [5.41, 5.74) is -0.507. The number of carbonyl (C=O) groups is 2. The van der Waals surface area contributed by atoms with Gasteiger partial charge in [-0.3, -0.25) is 9.59 Å². The van der Waals surface area contributed by atoms with E-state index in [2.05, 4.69) is 15.6 Å². The summed E-state index contributed by atoms with van der Waals surface area (Å²) >= 11 is 0. The van der Waals surface area contributed by atoms with Crippen molar-refractivity contribution < 1.29 is 27.5 Å². The number of hydrogen-bond donors (Lipinski definition) is 2. The van der Waals surface area contributed by atoms with Crippen molar-refractivity contribution in [3.8, 4) is 0 Å². The maximum absolute atomic E-state index is 12.6. The smallest absolute Gasteiger partial charge is 0.416 e. The van der Waals surface area contributed by atoms with Gasteiger partial charge in [-0.05, 0) is 43.3 Å². The molecule has 0 saturated carbocycles. The van der Waals surface area contributed by atoms with E-state index in [1.807, 2.05) is 0 Å². The first-order valence-electron chi connectivity index (χ1n) is 7.64. The van der Waals surface area contributed by atoms with E-state index < -0.39 is 23.6 Å². The first-order chi connectivity index (χ1) is 12.3. The van der Waals surface area contributed by atoms with Gasteiger partial charge < -0.3 is 15.4 Å². The highest BCUT2D eigenvalue weighted by Gasteiger charge is 2.30. The van der Waals surface area contributed by atoms with Gasteiger partial charge in [-0.2, -0.15) is 13.2 Å². The fourth-order valence-corrected chi connectivity index (χ4v) is 2.02. The number of hydrogen-bond acceptors (Lipinski definition) is 5. The summed E-state index contributed by atoms with van der Waals surface area (Å²) < 4.78 is 42.5. The maximum Gasteiger partial charge on any atom is 0.416 e. The third-order valence-electron chi connectivity index (χ3n) is 3.24. The Bertz CT molecular complexity index is 777. The Labute approximate surface area is 147 Å². The highest BCUT2D eigenvalue weighted by Crippen LogP contribution is 2.29. The molecule has 0 aliphatic carbocycles. The van der Waals surface area contributed by atoms with Crippen LogP contribution >= 0.6 is 0 Å². The summed E-state index contributed by atoms with van der Waals surface area (Å²) in [6, 6.07) is 6.94. The molecule has 0 spiro atoms. The predicted octanol–water partition coefficient (Wildman–Crippen LogP) is 3.33. The van der Waals surface area contributed by atoms with Gasteiger partial charge >= 0.3 is 12.1 Å². The van der Waals surface area contributed by atoms with Gasteiger partial charge in [0.15, 0.2) is 0 Å². The molecule has 0 radical (unpaired) electrons. The molecule has 0 atom stereocenters.